The fourth-order valence-electron chi connectivity index (χ4n) is 1.53. The first kappa shape index (κ1) is 16.9. The van der Waals surface area contributed by atoms with Crippen LogP contribution in [-0.4, -0.2) is 51.9 Å². The molecule has 0 amide bonds. The lowest BCUT2D eigenvalue weighted by molar-refractivity contribution is 0.0179. The van der Waals surface area contributed by atoms with Gasteiger partial charge in [-0.3, -0.25) is 0 Å². The summed E-state index contributed by atoms with van der Waals surface area (Å²) in [6.07, 6.45) is -0.453. The third-order valence-electron chi connectivity index (χ3n) is 2.66. The third-order valence-corrected chi connectivity index (χ3v) is 2.66. The van der Waals surface area contributed by atoms with Crippen molar-refractivity contribution < 1.29 is 24.1 Å². The molecule has 0 aliphatic rings. The first-order valence-corrected chi connectivity index (χ1v) is 6.79. The minimum atomic E-state index is -0.453. The summed E-state index contributed by atoms with van der Waals surface area (Å²) in [6, 6.07) is 7.39. The van der Waals surface area contributed by atoms with Crippen LogP contribution in [0.1, 0.15) is 18.6 Å². The standard InChI is InChI=1S/C15H24O5/c1-13(16)14-3-5-15(6-4-14)20-12-11-19-10-9-18-8-7-17-2/h3-6,13,16H,7-12H2,1-2H3. The van der Waals surface area contributed by atoms with Gasteiger partial charge >= 0.3 is 0 Å². The molecule has 1 aromatic rings. The first-order valence-electron chi connectivity index (χ1n) is 6.79. The van der Waals surface area contributed by atoms with Gasteiger partial charge in [0.1, 0.15) is 12.4 Å². The topological polar surface area (TPSA) is 57.2 Å². The SMILES string of the molecule is COCCOCCOCCOc1ccc(C(C)O)cc1. The van der Waals surface area contributed by atoms with Gasteiger partial charge in [-0.1, -0.05) is 12.1 Å². The van der Waals surface area contributed by atoms with Crippen molar-refractivity contribution in [3.8, 4) is 5.75 Å². The van der Waals surface area contributed by atoms with E-state index >= 15 is 0 Å². The van der Waals surface area contributed by atoms with E-state index in [0.29, 0.717) is 39.6 Å². The second-order valence-electron chi connectivity index (χ2n) is 4.31. The van der Waals surface area contributed by atoms with E-state index in [1.54, 1.807) is 14.0 Å². The highest BCUT2D eigenvalue weighted by atomic mass is 16.6. The molecule has 0 aliphatic carbocycles. The summed E-state index contributed by atoms with van der Waals surface area (Å²) in [6.45, 7) is 5.05. The summed E-state index contributed by atoms with van der Waals surface area (Å²) in [4.78, 5) is 0. The van der Waals surface area contributed by atoms with E-state index in [0.717, 1.165) is 11.3 Å². The molecule has 114 valence electrons. The molecule has 0 aliphatic heterocycles. The molecular weight excluding hydrogens is 260 g/mol. The number of benzene rings is 1. The summed E-state index contributed by atoms with van der Waals surface area (Å²) in [5.41, 5.74) is 0.877. The molecule has 5 nitrogen and oxygen atoms in total. The van der Waals surface area contributed by atoms with Crippen LogP contribution >= 0.6 is 0 Å². The van der Waals surface area contributed by atoms with Crippen molar-refractivity contribution in [3.63, 3.8) is 0 Å². The van der Waals surface area contributed by atoms with Crippen LogP contribution in [0.2, 0.25) is 0 Å². The molecule has 0 aromatic heterocycles. The maximum absolute atomic E-state index is 9.38. The second-order valence-corrected chi connectivity index (χ2v) is 4.31. The van der Waals surface area contributed by atoms with Crippen LogP contribution in [0.3, 0.4) is 0 Å². The number of aliphatic hydroxyl groups is 1. The molecule has 0 bridgehead atoms. The zero-order valence-corrected chi connectivity index (χ0v) is 12.2. The Kier molecular flexibility index (Phi) is 8.98. The molecule has 20 heavy (non-hydrogen) atoms. The normalized spacial score (nSPS) is 12.3. The van der Waals surface area contributed by atoms with Crippen LogP contribution in [0.5, 0.6) is 5.75 Å². The maximum Gasteiger partial charge on any atom is 0.119 e. The quantitative estimate of drug-likeness (QED) is 0.628. The van der Waals surface area contributed by atoms with E-state index in [2.05, 4.69) is 0 Å². The Labute approximate surface area is 120 Å². The summed E-state index contributed by atoms with van der Waals surface area (Å²) in [7, 11) is 1.64. The average molecular weight is 284 g/mol. The van der Waals surface area contributed by atoms with Crippen molar-refractivity contribution in [2.45, 2.75) is 13.0 Å². The predicted molar refractivity (Wildman–Crippen MR) is 76.1 cm³/mol. The monoisotopic (exact) mass is 284 g/mol. The van der Waals surface area contributed by atoms with Gasteiger partial charge in [-0.05, 0) is 24.6 Å². The minimum Gasteiger partial charge on any atom is -0.491 e. The number of rotatable bonds is 11. The summed E-state index contributed by atoms with van der Waals surface area (Å²) >= 11 is 0. The van der Waals surface area contributed by atoms with Crippen molar-refractivity contribution >= 4 is 0 Å². The lowest BCUT2D eigenvalue weighted by atomic mass is 10.1. The van der Waals surface area contributed by atoms with Crippen LogP contribution < -0.4 is 4.74 Å². The Bertz CT molecular complexity index is 337. The van der Waals surface area contributed by atoms with Crippen molar-refractivity contribution in [2.24, 2.45) is 0 Å². The molecule has 0 saturated heterocycles. The van der Waals surface area contributed by atoms with Gasteiger partial charge in [0.05, 0.1) is 39.1 Å². The zero-order chi connectivity index (χ0) is 14.6. The van der Waals surface area contributed by atoms with Gasteiger partial charge in [0.2, 0.25) is 0 Å². The van der Waals surface area contributed by atoms with Crippen LogP contribution in [0.25, 0.3) is 0 Å². The van der Waals surface area contributed by atoms with E-state index in [1.165, 1.54) is 0 Å². The molecule has 1 unspecified atom stereocenters. The number of methoxy groups -OCH3 is 1. The highest BCUT2D eigenvalue weighted by Gasteiger charge is 2.00. The number of hydrogen-bond donors (Lipinski definition) is 1. The maximum atomic E-state index is 9.38. The molecule has 5 heteroatoms. The molecule has 1 N–H and O–H groups in total. The number of ether oxygens (including phenoxy) is 4. The van der Waals surface area contributed by atoms with Crippen LogP contribution in [0.15, 0.2) is 24.3 Å². The second kappa shape index (κ2) is 10.6. The van der Waals surface area contributed by atoms with Gasteiger partial charge in [0.25, 0.3) is 0 Å². The Morgan fingerprint density at radius 1 is 0.900 bits per heavy atom. The van der Waals surface area contributed by atoms with E-state index in [4.69, 9.17) is 18.9 Å². The third kappa shape index (κ3) is 7.45. The predicted octanol–water partition coefficient (Wildman–Crippen LogP) is 1.80. The van der Waals surface area contributed by atoms with Crippen LogP contribution in [-0.2, 0) is 14.2 Å². The van der Waals surface area contributed by atoms with Crippen molar-refractivity contribution in [1.82, 2.24) is 0 Å². The number of aliphatic hydroxyl groups excluding tert-OH is 1. The van der Waals surface area contributed by atoms with Crippen molar-refractivity contribution in [3.05, 3.63) is 29.8 Å². The Morgan fingerprint density at radius 3 is 2.00 bits per heavy atom. The lowest BCUT2D eigenvalue weighted by Gasteiger charge is -2.09. The van der Waals surface area contributed by atoms with Gasteiger partial charge in [-0.25, -0.2) is 0 Å². The van der Waals surface area contributed by atoms with E-state index in [9.17, 15) is 5.11 Å². The van der Waals surface area contributed by atoms with E-state index in [1.807, 2.05) is 24.3 Å². The fraction of sp³-hybridized carbons (Fsp3) is 0.600. The highest BCUT2D eigenvalue weighted by molar-refractivity contribution is 5.28. The summed E-state index contributed by atoms with van der Waals surface area (Å²) < 4.78 is 21.0. The lowest BCUT2D eigenvalue weighted by Crippen LogP contribution is -2.12. The molecular formula is C15H24O5. The molecule has 1 aromatic carbocycles. The zero-order valence-electron chi connectivity index (χ0n) is 12.2. The average Bonchev–Trinajstić information content (AvgIpc) is 2.46. The Morgan fingerprint density at radius 2 is 1.45 bits per heavy atom. The van der Waals surface area contributed by atoms with Crippen LogP contribution in [0, 0.1) is 0 Å². The van der Waals surface area contributed by atoms with Gasteiger partial charge in [-0.15, -0.1) is 0 Å². The van der Waals surface area contributed by atoms with Gasteiger partial charge in [0.15, 0.2) is 0 Å². The summed E-state index contributed by atoms with van der Waals surface area (Å²) in [5.74, 6) is 0.773. The largest absolute Gasteiger partial charge is 0.491 e. The molecule has 0 heterocycles. The van der Waals surface area contributed by atoms with Crippen LogP contribution in [0.4, 0.5) is 0 Å². The molecule has 0 spiro atoms. The minimum absolute atomic E-state index is 0.453. The Balaban J connectivity index is 2.01. The Hall–Kier alpha value is -1.14. The molecule has 0 fully saturated rings. The molecule has 1 atom stereocenters. The van der Waals surface area contributed by atoms with Gasteiger partial charge in [-0.2, -0.15) is 0 Å². The van der Waals surface area contributed by atoms with E-state index in [-0.39, 0.29) is 0 Å². The van der Waals surface area contributed by atoms with E-state index < -0.39 is 6.10 Å². The fourth-order valence-corrected chi connectivity index (χ4v) is 1.53. The molecule has 1 rings (SSSR count). The number of hydrogen-bond acceptors (Lipinski definition) is 5. The van der Waals surface area contributed by atoms with Crippen molar-refractivity contribution in [1.29, 1.82) is 0 Å². The molecule has 0 radical (unpaired) electrons. The first-order chi connectivity index (χ1) is 9.74. The summed E-state index contributed by atoms with van der Waals surface area (Å²) in [5, 5.41) is 9.38. The van der Waals surface area contributed by atoms with Gasteiger partial charge in [0, 0.05) is 7.11 Å². The smallest absolute Gasteiger partial charge is 0.119 e. The van der Waals surface area contributed by atoms with Crippen molar-refractivity contribution in [2.75, 3.05) is 46.8 Å². The molecule has 0 saturated carbocycles. The highest BCUT2D eigenvalue weighted by Crippen LogP contribution is 2.16. The van der Waals surface area contributed by atoms with Gasteiger partial charge < -0.3 is 24.1 Å².